The number of hydrogen-bond donors (Lipinski definition) is 0. The summed E-state index contributed by atoms with van der Waals surface area (Å²) in [7, 11) is 0. The van der Waals surface area contributed by atoms with Crippen LogP contribution in [0.1, 0.15) is 38.1 Å². The molecule has 1 heterocycles. The fourth-order valence-electron chi connectivity index (χ4n) is 1.86. The molecule has 0 aliphatic rings. The molecule has 0 saturated carbocycles. The molecule has 2 rings (SSSR count). The van der Waals surface area contributed by atoms with Gasteiger partial charge in [-0.05, 0) is 25.3 Å². The van der Waals surface area contributed by atoms with Gasteiger partial charge in [-0.1, -0.05) is 38.1 Å². The number of nitrogens with zero attached hydrogens (tertiary/aromatic N) is 3. The molecule has 3 nitrogen and oxygen atoms in total. The molecule has 90 valence electrons. The minimum atomic E-state index is 0.562. The Morgan fingerprint density at radius 2 is 1.82 bits per heavy atom. The molecule has 0 N–H and O–H groups in total. The molecule has 0 saturated heterocycles. The maximum Gasteiger partial charge on any atom is 0.181 e. The summed E-state index contributed by atoms with van der Waals surface area (Å²) in [4.78, 5) is 4.48. The highest BCUT2D eigenvalue weighted by molar-refractivity contribution is 5.55. The lowest BCUT2D eigenvalue weighted by Crippen LogP contribution is -1.98. The minimum absolute atomic E-state index is 0.562. The van der Waals surface area contributed by atoms with Crippen molar-refractivity contribution in [2.75, 3.05) is 0 Å². The summed E-state index contributed by atoms with van der Waals surface area (Å²) in [5, 5.41) is 4.48. The summed E-state index contributed by atoms with van der Waals surface area (Å²) >= 11 is 0. The summed E-state index contributed by atoms with van der Waals surface area (Å²) in [6.07, 6.45) is 0. The Kier molecular flexibility index (Phi) is 3.27. The summed E-state index contributed by atoms with van der Waals surface area (Å²) in [6.45, 7) is 9.32. The molecule has 3 heteroatoms. The zero-order chi connectivity index (χ0) is 12.4. The molecule has 0 spiro atoms. The van der Waals surface area contributed by atoms with Crippen LogP contribution in [0, 0.1) is 6.92 Å². The van der Waals surface area contributed by atoms with E-state index in [1.165, 1.54) is 5.56 Å². The first-order valence-corrected chi connectivity index (χ1v) is 6.13. The van der Waals surface area contributed by atoms with Gasteiger partial charge in [0.05, 0.1) is 0 Å². The Labute approximate surface area is 103 Å². The van der Waals surface area contributed by atoms with E-state index in [0.29, 0.717) is 5.92 Å². The molecule has 0 atom stereocenters. The second-order valence-corrected chi connectivity index (χ2v) is 4.58. The zero-order valence-corrected chi connectivity index (χ0v) is 10.9. The lowest BCUT2D eigenvalue weighted by molar-refractivity contribution is 0.637. The van der Waals surface area contributed by atoms with E-state index >= 15 is 0 Å². The zero-order valence-electron chi connectivity index (χ0n) is 10.9. The lowest BCUT2D eigenvalue weighted by Gasteiger charge is -2.04. The van der Waals surface area contributed by atoms with Crippen molar-refractivity contribution in [1.29, 1.82) is 0 Å². The van der Waals surface area contributed by atoms with Crippen LogP contribution in [0.4, 0.5) is 0 Å². The summed E-state index contributed by atoms with van der Waals surface area (Å²) in [6, 6.07) is 8.51. The van der Waals surface area contributed by atoms with Crippen molar-refractivity contribution in [3.63, 3.8) is 0 Å². The first kappa shape index (κ1) is 11.8. The van der Waals surface area contributed by atoms with Gasteiger partial charge >= 0.3 is 0 Å². The van der Waals surface area contributed by atoms with Crippen LogP contribution >= 0.6 is 0 Å². The molecule has 1 aromatic carbocycles. The van der Waals surface area contributed by atoms with Crippen molar-refractivity contribution in [2.45, 2.75) is 40.2 Å². The van der Waals surface area contributed by atoms with Crippen LogP contribution in [0.25, 0.3) is 11.4 Å². The SMILES string of the molecule is CCn1nc(-c2ccc(C(C)C)cc2)nc1C. The number of aromatic nitrogens is 3. The number of rotatable bonds is 3. The van der Waals surface area contributed by atoms with Crippen LogP contribution in [0.2, 0.25) is 0 Å². The average Bonchev–Trinajstić information content (AvgIpc) is 2.70. The van der Waals surface area contributed by atoms with Gasteiger partial charge in [0.1, 0.15) is 5.82 Å². The predicted octanol–water partition coefficient (Wildman–Crippen LogP) is 3.40. The molecule has 0 radical (unpaired) electrons. The smallest absolute Gasteiger partial charge is 0.181 e. The number of benzene rings is 1. The molecule has 0 unspecified atom stereocenters. The highest BCUT2D eigenvalue weighted by Crippen LogP contribution is 2.20. The van der Waals surface area contributed by atoms with Gasteiger partial charge in [-0.2, -0.15) is 5.10 Å². The van der Waals surface area contributed by atoms with Crippen molar-refractivity contribution in [1.82, 2.24) is 14.8 Å². The van der Waals surface area contributed by atoms with Gasteiger partial charge in [0.25, 0.3) is 0 Å². The van der Waals surface area contributed by atoms with E-state index < -0.39 is 0 Å². The predicted molar refractivity (Wildman–Crippen MR) is 70.0 cm³/mol. The highest BCUT2D eigenvalue weighted by Gasteiger charge is 2.07. The monoisotopic (exact) mass is 229 g/mol. The van der Waals surface area contributed by atoms with Crippen LogP contribution in [-0.4, -0.2) is 14.8 Å². The summed E-state index contributed by atoms with van der Waals surface area (Å²) in [5.74, 6) is 2.35. The lowest BCUT2D eigenvalue weighted by atomic mass is 10.0. The van der Waals surface area contributed by atoms with Gasteiger partial charge in [0.2, 0.25) is 0 Å². The van der Waals surface area contributed by atoms with Crippen LogP contribution in [0.15, 0.2) is 24.3 Å². The van der Waals surface area contributed by atoms with Gasteiger partial charge in [0.15, 0.2) is 5.82 Å². The Morgan fingerprint density at radius 3 is 2.29 bits per heavy atom. The molecule has 0 aliphatic carbocycles. The molecule has 0 bridgehead atoms. The van der Waals surface area contributed by atoms with E-state index in [1.807, 2.05) is 11.6 Å². The molecule has 0 amide bonds. The third-order valence-corrected chi connectivity index (χ3v) is 2.99. The van der Waals surface area contributed by atoms with Crippen LogP contribution in [0.3, 0.4) is 0 Å². The van der Waals surface area contributed by atoms with E-state index in [4.69, 9.17) is 0 Å². The normalized spacial score (nSPS) is 11.1. The Bertz CT molecular complexity index is 495. The molecular formula is C14H19N3. The van der Waals surface area contributed by atoms with E-state index in [1.54, 1.807) is 0 Å². The van der Waals surface area contributed by atoms with Gasteiger partial charge in [0, 0.05) is 12.1 Å². The van der Waals surface area contributed by atoms with Crippen molar-refractivity contribution in [3.05, 3.63) is 35.7 Å². The van der Waals surface area contributed by atoms with E-state index in [9.17, 15) is 0 Å². The maximum atomic E-state index is 4.48. The van der Waals surface area contributed by atoms with Crippen LogP contribution < -0.4 is 0 Å². The third-order valence-electron chi connectivity index (χ3n) is 2.99. The molecule has 2 aromatic rings. The molecule has 0 fully saturated rings. The fourth-order valence-corrected chi connectivity index (χ4v) is 1.86. The number of hydrogen-bond acceptors (Lipinski definition) is 2. The quantitative estimate of drug-likeness (QED) is 0.807. The topological polar surface area (TPSA) is 30.7 Å². The maximum absolute atomic E-state index is 4.48. The van der Waals surface area contributed by atoms with E-state index in [2.05, 4.69) is 55.1 Å². The molecule has 1 aromatic heterocycles. The first-order chi connectivity index (χ1) is 8.11. The Hall–Kier alpha value is -1.64. The van der Waals surface area contributed by atoms with Crippen LogP contribution in [0.5, 0.6) is 0 Å². The van der Waals surface area contributed by atoms with Gasteiger partial charge < -0.3 is 0 Å². The fraction of sp³-hybridized carbons (Fsp3) is 0.429. The Morgan fingerprint density at radius 1 is 1.18 bits per heavy atom. The molecule has 17 heavy (non-hydrogen) atoms. The van der Waals surface area contributed by atoms with Gasteiger partial charge in [-0.25, -0.2) is 4.98 Å². The highest BCUT2D eigenvalue weighted by atomic mass is 15.3. The van der Waals surface area contributed by atoms with Crippen molar-refractivity contribution in [3.8, 4) is 11.4 Å². The molecule has 0 aliphatic heterocycles. The minimum Gasteiger partial charge on any atom is -0.250 e. The Balaban J connectivity index is 2.33. The van der Waals surface area contributed by atoms with Crippen LogP contribution in [-0.2, 0) is 6.54 Å². The second-order valence-electron chi connectivity index (χ2n) is 4.58. The van der Waals surface area contributed by atoms with E-state index in [-0.39, 0.29) is 0 Å². The average molecular weight is 229 g/mol. The first-order valence-electron chi connectivity index (χ1n) is 6.13. The second kappa shape index (κ2) is 4.70. The van der Waals surface area contributed by atoms with E-state index in [0.717, 1.165) is 23.8 Å². The van der Waals surface area contributed by atoms with Gasteiger partial charge in [-0.15, -0.1) is 0 Å². The standard InChI is InChI=1S/C14H19N3/c1-5-17-11(4)15-14(16-17)13-8-6-12(7-9-13)10(2)3/h6-10H,5H2,1-4H3. The summed E-state index contributed by atoms with van der Waals surface area (Å²) < 4.78 is 1.92. The van der Waals surface area contributed by atoms with Crippen molar-refractivity contribution in [2.24, 2.45) is 0 Å². The van der Waals surface area contributed by atoms with Gasteiger partial charge in [-0.3, -0.25) is 4.68 Å². The summed E-state index contributed by atoms with van der Waals surface area (Å²) in [5.41, 5.74) is 2.44. The third kappa shape index (κ3) is 2.38. The van der Waals surface area contributed by atoms with Crippen molar-refractivity contribution >= 4 is 0 Å². The molecular weight excluding hydrogens is 210 g/mol. The largest absolute Gasteiger partial charge is 0.250 e. The van der Waals surface area contributed by atoms with Crippen molar-refractivity contribution < 1.29 is 0 Å². The number of aryl methyl sites for hydroxylation is 2.